The molecule has 0 aliphatic carbocycles. The maximum Gasteiger partial charge on any atom is 0.326 e. The lowest BCUT2D eigenvalue weighted by molar-refractivity contribution is -0.149. The number of H-pyrrole nitrogens is 1. The normalized spacial score (nSPS) is 17.7. The highest BCUT2D eigenvalue weighted by molar-refractivity contribution is 5.92. The predicted octanol–water partition coefficient (Wildman–Crippen LogP) is -1.91. The molecule has 2 heterocycles. The van der Waals surface area contributed by atoms with Gasteiger partial charge in [0.2, 0.25) is 17.7 Å². The minimum absolute atomic E-state index is 0.235. The second-order valence-electron chi connectivity index (χ2n) is 7.54. The van der Waals surface area contributed by atoms with E-state index in [0.29, 0.717) is 50.9 Å². The molecular weight excluding hydrogens is 406 g/mol. The van der Waals surface area contributed by atoms with Gasteiger partial charge in [-0.05, 0) is 38.6 Å². The Morgan fingerprint density at radius 3 is 2.74 bits per heavy atom. The summed E-state index contributed by atoms with van der Waals surface area (Å²) in [6, 6.07) is -2.63. The van der Waals surface area contributed by atoms with Gasteiger partial charge in [-0.2, -0.15) is 0 Å². The maximum absolute atomic E-state index is 12.9. The van der Waals surface area contributed by atoms with Crippen LogP contribution in [0.15, 0.2) is 12.5 Å². The third-order valence-corrected chi connectivity index (χ3v) is 5.16. The van der Waals surface area contributed by atoms with Gasteiger partial charge in [0, 0.05) is 24.9 Å². The molecule has 1 aromatic heterocycles. The highest BCUT2D eigenvalue weighted by Gasteiger charge is 2.37. The van der Waals surface area contributed by atoms with Crippen molar-refractivity contribution in [3.05, 3.63) is 18.2 Å². The van der Waals surface area contributed by atoms with E-state index in [1.807, 2.05) is 0 Å². The molecule has 12 heteroatoms. The summed E-state index contributed by atoms with van der Waals surface area (Å²) >= 11 is 0. The van der Waals surface area contributed by atoms with E-state index in [1.54, 1.807) is 6.20 Å². The molecule has 0 saturated carbocycles. The number of amides is 3. The molecule has 3 unspecified atom stereocenters. The largest absolute Gasteiger partial charge is 0.480 e. The van der Waals surface area contributed by atoms with E-state index in [9.17, 15) is 24.3 Å². The van der Waals surface area contributed by atoms with Crippen molar-refractivity contribution in [3.63, 3.8) is 0 Å². The number of carboxylic acids is 1. The van der Waals surface area contributed by atoms with Crippen LogP contribution >= 0.6 is 0 Å². The first-order chi connectivity index (χ1) is 14.8. The highest BCUT2D eigenvalue weighted by Crippen LogP contribution is 2.19. The minimum atomic E-state index is -1.06. The molecule has 1 aliphatic heterocycles. The lowest BCUT2D eigenvalue weighted by Gasteiger charge is -2.27. The summed E-state index contributed by atoms with van der Waals surface area (Å²) in [6.45, 7) is 0.428. The van der Waals surface area contributed by atoms with E-state index >= 15 is 0 Å². The summed E-state index contributed by atoms with van der Waals surface area (Å²) in [5, 5.41) is 14.4. The molecule has 0 radical (unpaired) electrons. The number of nitrogens with zero attached hydrogens (tertiary/aromatic N) is 2. The van der Waals surface area contributed by atoms with Gasteiger partial charge in [0.1, 0.15) is 12.1 Å². The summed E-state index contributed by atoms with van der Waals surface area (Å²) in [5.74, 6) is -2.56. The summed E-state index contributed by atoms with van der Waals surface area (Å²) < 4.78 is 0. The molecule has 0 spiro atoms. The molecule has 1 aliphatic rings. The number of imidazole rings is 1. The van der Waals surface area contributed by atoms with Gasteiger partial charge < -0.3 is 37.1 Å². The summed E-state index contributed by atoms with van der Waals surface area (Å²) in [6.07, 6.45) is 5.84. The molecular formula is C19H31N7O5. The first kappa shape index (κ1) is 24.3. The van der Waals surface area contributed by atoms with Gasteiger partial charge in [0.25, 0.3) is 0 Å². The Hall–Kier alpha value is -2.99. The number of hydrogen-bond acceptors (Lipinski definition) is 7. The van der Waals surface area contributed by atoms with Crippen molar-refractivity contribution in [1.82, 2.24) is 25.5 Å². The third-order valence-electron chi connectivity index (χ3n) is 5.16. The molecule has 2 rings (SSSR count). The number of unbranched alkanes of at least 4 members (excludes halogenated alkanes) is 1. The number of likely N-dealkylation sites (tertiary alicyclic amines) is 1. The van der Waals surface area contributed by atoms with Crippen molar-refractivity contribution in [2.45, 2.75) is 56.7 Å². The van der Waals surface area contributed by atoms with E-state index in [0.717, 1.165) is 0 Å². The Balaban J connectivity index is 1.90. The number of carboxylic acid groups (broad SMARTS) is 1. The van der Waals surface area contributed by atoms with Crippen LogP contribution < -0.4 is 22.1 Å². The van der Waals surface area contributed by atoms with Crippen LogP contribution in [0.25, 0.3) is 0 Å². The van der Waals surface area contributed by atoms with Crippen LogP contribution in [0.5, 0.6) is 0 Å². The van der Waals surface area contributed by atoms with E-state index in [4.69, 9.17) is 11.5 Å². The summed E-state index contributed by atoms with van der Waals surface area (Å²) in [5.41, 5.74) is 12.0. The van der Waals surface area contributed by atoms with Crippen molar-refractivity contribution in [2.24, 2.45) is 11.5 Å². The van der Waals surface area contributed by atoms with Gasteiger partial charge >= 0.3 is 5.97 Å². The van der Waals surface area contributed by atoms with E-state index < -0.39 is 41.8 Å². The second-order valence-corrected chi connectivity index (χ2v) is 7.54. The number of nitrogens with one attached hydrogen (secondary N) is 3. The number of aromatic amines is 1. The number of hydrogen-bond donors (Lipinski definition) is 6. The average Bonchev–Trinajstić information content (AvgIpc) is 3.42. The Labute approximate surface area is 180 Å². The molecule has 1 saturated heterocycles. The van der Waals surface area contributed by atoms with Gasteiger partial charge in [-0.15, -0.1) is 0 Å². The van der Waals surface area contributed by atoms with Crippen LogP contribution in [-0.2, 0) is 25.6 Å². The zero-order valence-electron chi connectivity index (χ0n) is 17.4. The number of carbonyl (C=O) groups is 4. The van der Waals surface area contributed by atoms with Crippen LogP contribution in [0.1, 0.15) is 37.8 Å². The van der Waals surface area contributed by atoms with Gasteiger partial charge in [0.15, 0.2) is 0 Å². The van der Waals surface area contributed by atoms with Crippen LogP contribution in [0.3, 0.4) is 0 Å². The van der Waals surface area contributed by atoms with E-state index in [-0.39, 0.29) is 13.0 Å². The molecule has 172 valence electrons. The smallest absolute Gasteiger partial charge is 0.326 e. The standard InChI is InChI=1S/C19H31N7O5/c20-6-2-1-4-14(18(29)26-7-3-5-15(26)19(30)31)25-16(27)10-23-17(28)13(21)8-12-9-22-11-24-12/h9,11,13-15H,1-8,10,20-21H2,(H,22,24)(H,23,28)(H,25,27)(H,30,31). The van der Waals surface area contributed by atoms with Crippen LogP contribution in [0, 0.1) is 0 Å². The van der Waals surface area contributed by atoms with Gasteiger partial charge in [0.05, 0.1) is 18.9 Å². The molecule has 0 aromatic carbocycles. The fourth-order valence-electron chi connectivity index (χ4n) is 3.51. The zero-order valence-corrected chi connectivity index (χ0v) is 17.4. The van der Waals surface area contributed by atoms with Gasteiger partial charge in [-0.25, -0.2) is 9.78 Å². The van der Waals surface area contributed by atoms with Crippen molar-refractivity contribution in [1.29, 1.82) is 0 Å². The van der Waals surface area contributed by atoms with Gasteiger partial charge in [-0.1, -0.05) is 0 Å². The van der Waals surface area contributed by atoms with Crippen molar-refractivity contribution < 1.29 is 24.3 Å². The molecule has 1 aromatic rings. The monoisotopic (exact) mass is 437 g/mol. The minimum Gasteiger partial charge on any atom is -0.480 e. The Kier molecular flexibility index (Phi) is 9.40. The van der Waals surface area contributed by atoms with Crippen molar-refractivity contribution >= 4 is 23.7 Å². The molecule has 31 heavy (non-hydrogen) atoms. The lowest BCUT2D eigenvalue weighted by atomic mass is 10.1. The average molecular weight is 438 g/mol. The first-order valence-corrected chi connectivity index (χ1v) is 10.4. The fourth-order valence-corrected chi connectivity index (χ4v) is 3.51. The zero-order chi connectivity index (χ0) is 22.8. The number of rotatable bonds is 12. The number of aromatic nitrogens is 2. The molecule has 3 amide bonds. The second kappa shape index (κ2) is 12.0. The molecule has 3 atom stereocenters. The lowest BCUT2D eigenvalue weighted by Crippen LogP contribution is -2.53. The Morgan fingerprint density at radius 2 is 2.10 bits per heavy atom. The molecule has 12 nitrogen and oxygen atoms in total. The number of nitrogens with two attached hydrogens (primary N) is 2. The molecule has 1 fully saturated rings. The first-order valence-electron chi connectivity index (χ1n) is 10.4. The van der Waals surface area contributed by atoms with Crippen LogP contribution in [-0.4, -0.2) is 81.4 Å². The SMILES string of the molecule is NCCCCC(NC(=O)CNC(=O)C(N)Cc1cnc[nH]1)C(=O)N1CCCC1C(=O)O. The quantitative estimate of drug-likeness (QED) is 0.203. The molecule has 8 N–H and O–H groups in total. The van der Waals surface area contributed by atoms with E-state index in [2.05, 4.69) is 20.6 Å². The Bertz CT molecular complexity index is 755. The fraction of sp³-hybridized carbons (Fsp3) is 0.632. The topological polar surface area (TPSA) is 197 Å². The summed E-state index contributed by atoms with van der Waals surface area (Å²) in [4.78, 5) is 56.8. The van der Waals surface area contributed by atoms with E-state index in [1.165, 1.54) is 11.2 Å². The molecule has 0 bridgehead atoms. The van der Waals surface area contributed by atoms with Crippen molar-refractivity contribution in [3.8, 4) is 0 Å². The Morgan fingerprint density at radius 1 is 1.32 bits per heavy atom. The predicted molar refractivity (Wildman–Crippen MR) is 110 cm³/mol. The number of carbonyl (C=O) groups excluding carboxylic acids is 3. The highest BCUT2D eigenvalue weighted by atomic mass is 16.4. The summed E-state index contributed by atoms with van der Waals surface area (Å²) in [7, 11) is 0. The van der Waals surface area contributed by atoms with Gasteiger partial charge in [-0.3, -0.25) is 14.4 Å². The van der Waals surface area contributed by atoms with Crippen molar-refractivity contribution in [2.75, 3.05) is 19.6 Å². The van der Waals surface area contributed by atoms with Crippen LogP contribution in [0.4, 0.5) is 0 Å². The number of aliphatic carboxylic acids is 1. The maximum atomic E-state index is 12.9. The third kappa shape index (κ3) is 7.33. The van der Waals surface area contributed by atoms with Crippen LogP contribution in [0.2, 0.25) is 0 Å².